The summed E-state index contributed by atoms with van der Waals surface area (Å²) in [6, 6.07) is 8.66. The van der Waals surface area contributed by atoms with Crippen LogP contribution in [0.1, 0.15) is 65.4 Å². The van der Waals surface area contributed by atoms with E-state index in [1.807, 2.05) is 18.2 Å². The van der Waals surface area contributed by atoms with Crippen LogP contribution in [-0.4, -0.2) is 24.6 Å². The summed E-state index contributed by atoms with van der Waals surface area (Å²) in [5.41, 5.74) is 1.29. The van der Waals surface area contributed by atoms with E-state index in [1.165, 1.54) is 19.3 Å². The summed E-state index contributed by atoms with van der Waals surface area (Å²) < 4.78 is 5.81. The summed E-state index contributed by atoms with van der Waals surface area (Å²) in [7, 11) is 0. The van der Waals surface area contributed by atoms with Crippen LogP contribution in [0.25, 0.3) is 0 Å². The Bertz CT molecular complexity index is 545. The van der Waals surface area contributed by atoms with Crippen LogP contribution in [0.15, 0.2) is 24.3 Å². The number of amides is 1. The number of ether oxygens (including phenoxy) is 1. The van der Waals surface area contributed by atoms with Gasteiger partial charge in [0.25, 0.3) is 5.91 Å². The van der Waals surface area contributed by atoms with Gasteiger partial charge in [0.05, 0.1) is 0 Å². The molecule has 4 heteroatoms. The molecule has 4 nitrogen and oxygen atoms in total. The average Bonchev–Trinajstić information content (AvgIpc) is 2.58. The minimum absolute atomic E-state index is 0.0160. The van der Waals surface area contributed by atoms with Gasteiger partial charge in [-0.3, -0.25) is 4.79 Å². The molecule has 0 bridgehead atoms. The second-order valence-electron chi connectivity index (χ2n) is 8.27. The van der Waals surface area contributed by atoms with E-state index in [1.54, 1.807) is 0 Å². The van der Waals surface area contributed by atoms with E-state index in [2.05, 4.69) is 44.4 Å². The summed E-state index contributed by atoms with van der Waals surface area (Å²) in [6.07, 6.45) is 5.91. The van der Waals surface area contributed by atoms with Crippen LogP contribution in [-0.2, 0) is 11.3 Å². The molecule has 0 spiro atoms. The number of hydrogen-bond acceptors (Lipinski definition) is 3. The third-order valence-electron chi connectivity index (χ3n) is 5.20. The Morgan fingerprint density at radius 3 is 2.56 bits per heavy atom. The van der Waals surface area contributed by atoms with E-state index in [4.69, 9.17) is 4.74 Å². The van der Waals surface area contributed by atoms with Crippen molar-refractivity contribution in [3.05, 3.63) is 29.8 Å². The van der Waals surface area contributed by atoms with Crippen molar-refractivity contribution in [2.75, 3.05) is 6.61 Å². The van der Waals surface area contributed by atoms with Gasteiger partial charge in [0, 0.05) is 24.2 Å². The van der Waals surface area contributed by atoms with E-state index >= 15 is 0 Å². The minimum atomic E-state index is -0.0160. The van der Waals surface area contributed by atoms with Crippen molar-refractivity contribution in [1.29, 1.82) is 0 Å². The first-order valence-electron chi connectivity index (χ1n) is 9.59. The van der Waals surface area contributed by atoms with Gasteiger partial charge in [0.2, 0.25) is 0 Å². The number of para-hydroxylation sites is 1. The second-order valence-corrected chi connectivity index (χ2v) is 8.27. The van der Waals surface area contributed by atoms with Crippen LogP contribution < -0.4 is 15.4 Å². The maximum Gasteiger partial charge on any atom is 0.258 e. The molecule has 0 aliphatic heterocycles. The molecule has 1 aromatic carbocycles. The average molecular weight is 347 g/mol. The maximum absolute atomic E-state index is 12.1. The van der Waals surface area contributed by atoms with Gasteiger partial charge in [-0.1, -0.05) is 58.2 Å². The highest BCUT2D eigenvalue weighted by atomic mass is 16.5. The van der Waals surface area contributed by atoms with Crippen LogP contribution in [0, 0.1) is 5.41 Å². The Balaban J connectivity index is 1.84. The Kier molecular flexibility index (Phi) is 7.30. The number of nitrogens with one attached hydrogen (secondary N) is 2. The van der Waals surface area contributed by atoms with Gasteiger partial charge < -0.3 is 15.4 Å². The quantitative estimate of drug-likeness (QED) is 0.783. The predicted molar refractivity (Wildman–Crippen MR) is 103 cm³/mol. The van der Waals surface area contributed by atoms with E-state index < -0.39 is 0 Å². The van der Waals surface area contributed by atoms with Gasteiger partial charge in [-0.2, -0.15) is 0 Å². The zero-order valence-electron chi connectivity index (χ0n) is 16.2. The SMILES string of the molecule is CC(NCc1ccccc1OCC(=O)NC1CCCCC1)C(C)(C)C. The lowest BCUT2D eigenvalue weighted by molar-refractivity contribution is -0.124. The normalized spacial score (nSPS) is 17.1. The van der Waals surface area contributed by atoms with E-state index in [9.17, 15) is 4.79 Å². The van der Waals surface area contributed by atoms with Crippen LogP contribution in [0.3, 0.4) is 0 Å². The van der Waals surface area contributed by atoms with Gasteiger partial charge in [-0.25, -0.2) is 0 Å². The van der Waals surface area contributed by atoms with Gasteiger partial charge in [-0.05, 0) is 31.2 Å². The third kappa shape index (κ3) is 6.69. The summed E-state index contributed by atoms with van der Waals surface area (Å²) in [5.74, 6) is 0.771. The van der Waals surface area contributed by atoms with Crippen molar-refractivity contribution in [1.82, 2.24) is 10.6 Å². The fourth-order valence-electron chi connectivity index (χ4n) is 3.02. The Morgan fingerprint density at radius 1 is 1.20 bits per heavy atom. The molecule has 2 N–H and O–H groups in total. The lowest BCUT2D eigenvalue weighted by atomic mass is 9.88. The zero-order chi connectivity index (χ0) is 18.3. The highest BCUT2D eigenvalue weighted by Gasteiger charge is 2.20. The maximum atomic E-state index is 12.1. The molecule has 1 aliphatic rings. The smallest absolute Gasteiger partial charge is 0.258 e. The van der Waals surface area contributed by atoms with Crippen molar-refractivity contribution >= 4 is 5.91 Å². The van der Waals surface area contributed by atoms with Crippen molar-refractivity contribution in [2.24, 2.45) is 5.41 Å². The highest BCUT2D eigenvalue weighted by Crippen LogP contribution is 2.22. The van der Waals surface area contributed by atoms with Crippen molar-refractivity contribution in [2.45, 2.75) is 78.4 Å². The third-order valence-corrected chi connectivity index (χ3v) is 5.20. The molecular weight excluding hydrogens is 312 g/mol. The van der Waals surface area contributed by atoms with Crippen LogP contribution in [0.4, 0.5) is 0 Å². The number of hydrogen-bond donors (Lipinski definition) is 2. The van der Waals surface area contributed by atoms with Crippen LogP contribution in [0.5, 0.6) is 5.75 Å². The summed E-state index contributed by atoms with van der Waals surface area (Å²) in [5, 5.41) is 6.65. The number of carbonyl (C=O) groups is 1. The fourth-order valence-corrected chi connectivity index (χ4v) is 3.02. The summed E-state index contributed by atoms with van der Waals surface area (Å²) in [6.45, 7) is 9.69. The van der Waals surface area contributed by atoms with E-state index in [0.29, 0.717) is 12.1 Å². The van der Waals surface area contributed by atoms with E-state index in [-0.39, 0.29) is 17.9 Å². The Hall–Kier alpha value is -1.55. The first kappa shape index (κ1) is 19.8. The van der Waals surface area contributed by atoms with Gasteiger partial charge in [-0.15, -0.1) is 0 Å². The summed E-state index contributed by atoms with van der Waals surface area (Å²) in [4.78, 5) is 12.1. The van der Waals surface area contributed by atoms with Gasteiger partial charge in [0.1, 0.15) is 5.75 Å². The Morgan fingerprint density at radius 2 is 1.88 bits per heavy atom. The molecule has 1 saturated carbocycles. The van der Waals surface area contributed by atoms with Gasteiger partial charge >= 0.3 is 0 Å². The molecule has 1 aliphatic carbocycles. The van der Waals surface area contributed by atoms with Crippen LogP contribution in [0.2, 0.25) is 0 Å². The monoisotopic (exact) mass is 346 g/mol. The molecule has 0 radical (unpaired) electrons. The zero-order valence-corrected chi connectivity index (χ0v) is 16.2. The second kappa shape index (κ2) is 9.23. The molecule has 1 fully saturated rings. The Labute approximate surface area is 152 Å². The molecule has 1 amide bonds. The van der Waals surface area contributed by atoms with Crippen molar-refractivity contribution < 1.29 is 9.53 Å². The largest absolute Gasteiger partial charge is 0.483 e. The molecule has 2 rings (SSSR count). The predicted octanol–water partition coefficient (Wildman–Crippen LogP) is 4.04. The standard InChI is InChI=1S/C21H34N2O2/c1-16(21(2,3)4)22-14-17-10-8-9-13-19(17)25-15-20(24)23-18-11-6-5-7-12-18/h8-10,13,16,18,22H,5-7,11-12,14-15H2,1-4H3,(H,23,24). The highest BCUT2D eigenvalue weighted by molar-refractivity contribution is 5.77. The van der Waals surface area contributed by atoms with Crippen LogP contribution >= 0.6 is 0 Å². The molecule has 1 unspecified atom stereocenters. The minimum Gasteiger partial charge on any atom is -0.483 e. The first-order chi connectivity index (χ1) is 11.9. The number of benzene rings is 1. The van der Waals surface area contributed by atoms with Crippen molar-refractivity contribution in [3.8, 4) is 5.75 Å². The molecule has 1 atom stereocenters. The first-order valence-corrected chi connectivity index (χ1v) is 9.59. The number of carbonyl (C=O) groups excluding carboxylic acids is 1. The lowest BCUT2D eigenvalue weighted by Crippen LogP contribution is -2.39. The topological polar surface area (TPSA) is 50.4 Å². The molecule has 0 heterocycles. The molecule has 0 saturated heterocycles. The fraction of sp³-hybridized carbons (Fsp3) is 0.667. The number of rotatable bonds is 7. The lowest BCUT2D eigenvalue weighted by Gasteiger charge is -2.28. The molecule has 25 heavy (non-hydrogen) atoms. The summed E-state index contributed by atoms with van der Waals surface area (Å²) >= 11 is 0. The van der Waals surface area contributed by atoms with Gasteiger partial charge in [0.15, 0.2) is 6.61 Å². The molecular formula is C21H34N2O2. The van der Waals surface area contributed by atoms with E-state index in [0.717, 1.165) is 30.7 Å². The molecule has 0 aromatic heterocycles. The molecule has 140 valence electrons. The van der Waals surface area contributed by atoms with Crippen molar-refractivity contribution in [3.63, 3.8) is 0 Å². The molecule has 1 aromatic rings.